The average Bonchev–Trinajstić information content (AvgIpc) is 3.47. The smallest absolute Gasteiger partial charge is 0.347 e. The Morgan fingerprint density at radius 3 is 1.61 bits per heavy atom. The van der Waals surface area contributed by atoms with Gasteiger partial charge in [-0.3, -0.25) is 14.4 Å². The second-order valence-corrected chi connectivity index (χ2v) is 8.66. The van der Waals surface area contributed by atoms with Crippen LogP contribution in [-0.2, 0) is 57.2 Å². The van der Waals surface area contributed by atoms with E-state index in [1.165, 1.54) is 6.92 Å². The Labute approximate surface area is 209 Å². The van der Waals surface area contributed by atoms with Crippen molar-refractivity contribution in [2.24, 2.45) is 5.41 Å². The lowest BCUT2D eigenvalue weighted by Crippen LogP contribution is -2.28. The van der Waals surface area contributed by atoms with Gasteiger partial charge >= 0.3 is 35.8 Å². The van der Waals surface area contributed by atoms with Crippen molar-refractivity contribution < 1.29 is 57.2 Å². The summed E-state index contributed by atoms with van der Waals surface area (Å²) < 4.78 is 28.8. The molecular formula is C24H34O12. The molecule has 2 rings (SSSR count). The Morgan fingerprint density at radius 2 is 1.25 bits per heavy atom. The first-order chi connectivity index (χ1) is 16.9. The molecule has 2 saturated heterocycles. The van der Waals surface area contributed by atoms with Crippen LogP contribution in [0.3, 0.4) is 0 Å². The molecule has 2 fully saturated rings. The summed E-state index contributed by atoms with van der Waals surface area (Å²) in [6, 6.07) is 0. The van der Waals surface area contributed by atoms with Gasteiger partial charge in [-0.25, -0.2) is 14.4 Å². The number of carbonyl (C=O) groups excluding carboxylic acids is 6. The molecule has 0 bridgehead atoms. The zero-order chi connectivity index (χ0) is 27.3. The lowest BCUT2D eigenvalue weighted by atomic mass is 9.91. The van der Waals surface area contributed by atoms with Crippen molar-refractivity contribution in [2.45, 2.75) is 72.0 Å². The molecule has 0 radical (unpaired) electrons. The number of hydrogen-bond donors (Lipinski definition) is 0. The van der Waals surface area contributed by atoms with Crippen molar-refractivity contribution in [1.82, 2.24) is 0 Å². The van der Waals surface area contributed by atoms with E-state index in [-0.39, 0.29) is 50.8 Å². The first kappa shape index (κ1) is 30.6. The van der Waals surface area contributed by atoms with Crippen LogP contribution in [0, 0.1) is 5.41 Å². The first-order valence-electron chi connectivity index (χ1n) is 11.6. The number of hydrogen-bond acceptors (Lipinski definition) is 12. The van der Waals surface area contributed by atoms with Gasteiger partial charge in [-0.15, -0.1) is 0 Å². The minimum atomic E-state index is -0.820. The second-order valence-electron chi connectivity index (χ2n) is 8.66. The van der Waals surface area contributed by atoms with Crippen LogP contribution in [0.4, 0.5) is 0 Å². The van der Waals surface area contributed by atoms with Crippen molar-refractivity contribution in [3.05, 3.63) is 12.2 Å². The third-order valence-corrected chi connectivity index (χ3v) is 5.20. The maximum Gasteiger partial charge on any atom is 0.347 e. The monoisotopic (exact) mass is 514 g/mol. The Hall–Kier alpha value is -3.44. The van der Waals surface area contributed by atoms with E-state index in [4.69, 9.17) is 28.4 Å². The number of carbonyl (C=O) groups is 6. The molecule has 0 aromatic heterocycles. The largest absolute Gasteiger partial charge is 0.462 e. The van der Waals surface area contributed by atoms with E-state index < -0.39 is 47.5 Å². The van der Waals surface area contributed by atoms with Gasteiger partial charge in [-0.05, 0) is 27.2 Å². The Balaban J connectivity index is 0.000000362. The predicted molar refractivity (Wildman–Crippen MR) is 121 cm³/mol. The van der Waals surface area contributed by atoms with Crippen molar-refractivity contribution in [2.75, 3.05) is 26.4 Å². The normalized spacial score (nSPS) is 18.7. The van der Waals surface area contributed by atoms with Gasteiger partial charge in [0.15, 0.2) is 12.2 Å². The van der Waals surface area contributed by atoms with E-state index in [2.05, 4.69) is 6.58 Å². The highest BCUT2D eigenvalue weighted by atomic mass is 16.6. The SMILES string of the molecule is C=C(C)C(=O)OCCOC(=O)C1CCC(=O)O1.CCC(C)(C)C(=O)OCCOC(=O)C1CCC(=O)O1. The van der Waals surface area contributed by atoms with Gasteiger partial charge in [0.25, 0.3) is 0 Å². The summed E-state index contributed by atoms with van der Waals surface area (Å²) in [5.74, 6) is -2.84. The quantitative estimate of drug-likeness (QED) is 0.170. The molecule has 2 aliphatic heterocycles. The molecule has 0 aromatic rings. The van der Waals surface area contributed by atoms with Crippen molar-refractivity contribution in [1.29, 1.82) is 0 Å². The van der Waals surface area contributed by atoms with Crippen LogP contribution in [0.1, 0.15) is 59.8 Å². The van der Waals surface area contributed by atoms with Crippen molar-refractivity contribution in [3.63, 3.8) is 0 Å². The molecule has 2 aliphatic rings. The van der Waals surface area contributed by atoms with E-state index in [0.29, 0.717) is 19.3 Å². The fourth-order valence-electron chi connectivity index (χ4n) is 2.58. The molecule has 0 amide bonds. The summed E-state index contributed by atoms with van der Waals surface area (Å²) in [6.45, 7) is 10.3. The highest BCUT2D eigenvalue weighted by molar-refractivity contribution is 5.87. The molecule has 0 aliphatic carbocycles. The number of rotatable bonds is 11. The Bertz CT molecular complexity index is 844. The van der Waals surface area contributed by atoms with Crippen LogP contribution < -0.4 is 0 Å². The van der Waals surface area contributed by atoms with Gasteiger partial charge in [0.1, 0.15) is 26.4 Å². The molecule has 2 heterocycles. The van der Waals surface area contributed by atoms with E-state index >= 15 is 0 Å². The molecule has 2 atom stereocenters. The van der Waals surface area contributed by atoms with Crippen LogP contribution in [-0.4, -0.2) is 74.5 Å². The van der Waals surface area contributed by atoms with Gasteiger partial charge in [-0.1, -0.05) is 13.5 Å². The first-order valence-corrected chi connectivity index (χ1v) is 11.6. The van der Waals surface area contributed by atoms with Crippen LogP contribution in [0.15, 0.2) is 12.2 Å². The minimum Gasteiger partial charge on any atom is -0.462 e. The molecule has 2 unspecified atom stereocenters. The number of ether oxygens (including phenoxy) is 6. The molecule has 12 heteroatoms. The summed E-state index contributed by atoms with van der Waals surface area (Å²) in [4.78, 5) is 66.9. The van der Waals surface area contributed by atoms with Crippen LogP contribution in [0.2, 0.25) is 0 Å². The maximum atomic E-state index is 11.6. The zero-order valence-electron chi connectivity index (χ0n) is 21.1. The third kappa shape index (κ3) is 10.9. The lowest BCUT2D eigenvalue weighted by Gasteiger charge is -2.20. The fraction of sp³-hybridized carbons (Fsp3) is 0.667. The summed E-state index contributed by atoms with van der Waals surface area (Å²) in [5, 5.41) is 0. The van der Waals surface area contributed by atoms with Crippen LogP contribution >= 0.6 is 0 Å². The molecule has 0 N–H and O–H groups in total. The predicted octanol–water partition coefficient (Wildman–Crippen LogP) is 1.57. The Morgan fingerprint density at radius 1 is 0.833 bits per heavy atom. The van der Waals surface area contributed by atoms with Gasteiger partial charge < -0.3 is 28.4 Å². The summed E-state index contributed by atoms with van der Waals surface area (Å²) in [7, 11) is 0. The fourth-order valence-corrected chi connectivity index (χ4v) is 2.58. The molecule has 0 spiro atoms. The van der Waals surface area contributed by atoms with E-state index in [9.17, 15) is 28.8 Å². The summed E-state index contributed by atoms with van der Waals surface area (Å²) in [6.07, 6.45) is 0.187. The maximum absolute atomic E-state index is 11.6. The van der Waals surface area contributed by atoms with Crippen molar-refractivity contribution in [3.8, 4) is 0 Å². The zero-order valence-corrected chi connectivity index (χ0v) is 21.1. The van der Waals surface area contributed by atoms with Gasteiger partial charge in [0.05, 0.1) is 5.41 Å². The average molecular weight is 515 g/mol. The van der Waals surface area contributed by atoms with E-state index in [1.54, 1.807) is 13.8 Å². The molecular weight excluding hydrogens is 480 g/mol. The Kier molecular flexibility index (Phi) is 12.6. The standard InChI is InChI=1S/C13H20O6.C11H14O6/c1-4-13(2,3)12(16)18-8-7-17-11(15)9-5-6-10(14)19-9;1-7(2)10(13)15-5-6-16-11(14)8-3-4-9(12)17-8/h9H,4-8H2,1-3H3;8H,1,3-6H2,2H3. The topological polar surface area (TPSA) is 158 Å². The lowest BCUT2D eigenvalue weighted by molar-refractivity contribution is -0.165. The summed E-state index contributed by atoms with van der Waals surface area (Å²) in [5.41, 5.74) is -0.258. The summed E-state index contributed by atoms with van der Waals surface area (Å²) >= 11 is 0. The third-order valence-electron chi connectivity index (χ3n) is 5.20. The van der Waals surface area contributed by atoms with Gasteiger partial charge in [-0.2, -0.15) is 0 Å². The highest BCUT2D eigenvalue weighted by Gasteiger charge is 2.32. The van der Waals surface area contributed by atoms with E-state index in [1.807, 2.05) is 6.92 Å². The second kappa shape index (κ2) is 14.8. The molecule has 0 aromatic carbocycles. The van der Waals surface area contributed by atoms with Crippen molar-refractivity contribution >= 4 is 35.8 Å². The van der Waals surface area contributed by atoms with Gasteiger partial charge in [0, 0.05) is 31.3 Å². The number of cyclic esters (lactones) is 2. The number of esters is 6. The molecule has 202 valence electrons. The highest BCUT2D eigenvalue weighted by Crippen LogP contribution is 2.21. The van der Waals surface area contributed by atoms with Gasteiger partial charge in [0.2, 0.25) is 0 Å². The van der Waals surface area contributed by atoms with Crippen LogP contribution in [0.5, 0.6) is 0 Å². The molecule has 0 saturated carbocycles. The van der Waals surface area contributed by atoms with E-state index in [0.717, 1.165) is 0 Å². The minimum absolute atomic E-state index is 0.00860. The molecule has 36 heavy (non-hydrogen) atoms. The van der Waals surface area contributed by atoms with Crippen LogP contribution in [0.25, 0.3) is 0 Å². The molecule has 12 nitrogen and oxygen atoms in total.